The van der Waals surface area contributed by atoms with Crippen LogP contribution in [0.1, 0.15) is 65.4 Å². The number of methoxy groups -OCH3 is 1. The van der Waals surface area contributed by atoms with Crippen LogP contribution in [0.15, 0.2) is 114 Å². The van der Waals surface area contributed by atoms with E-state index >= 15 is 0 Å². The molecular weight excluding hydrogens is 899 g/mol. The molecule has 0 unspecified atom stereocenters. The number of allylic oxidation sites excluding steroid dienone is 1. The smallest absolute Gasteiger partial charge is 0.488 e. The van der Waals surface area contributed by atoms with Gasteiger partial charge >= 0.3 is 14.2 Å². The zero-order valence-corrected chi connectivity index (χ0v) is 38.5. The fourth-order valence-corrected chi connectivity index (χ4v) is 15.1. The summed E-state index contributed by atoms with van der Waals surface area (Å²) in [5.74, 6) is -2.20. The molecule has 4 N–H and O–H groups in total. The summed E-state index contributed by atoms with van der Waals surface area (Å²) in [4.78, 5) is 30.4. The lowest BCUT2D eigenvalue weighted by Gasteiger charge is -2.46. The maximum Gasteiger partial charge on any atom is 0.488 e. The number of fused-ring (bicyclic) bond motifs is 3. The van der Waals surface area contributed by atoms with Gasteiger partial charge in [0.2, 0.25) is 11.8 Å². The number of benzene rings is 4. The van der Waals surface area contributed by atoms with Crippen LogP contribution >= 0.6 is 22.6 Å². The van der Waals surface area contributed by atoms with E-state index in [2.05, 4.69) is 80.6 Å². The van der Waals surface area contributed by atoms with Gasteiger partial charge in [-0.1, -0.05) is 119 Å². The number of rotatable bonds is 14. The summed E-state index contributed by atoms with van der Waals surface area (Å²) in [5.41, 5.74) is 4.35. The van der Waals surface area contributed by atoms with Gasteiger partial charge in [-0.2, -0.15) is 0 Å². The summed E-state index contributed by atoms with van der Waals surface area (Å²) in [6.07, 6.45) is 4.84. The Morgan fingerprint density at radius 3 is 2.23 bits per heavy atom. The number of phenolic OH excluding ortho intramolecular Hbond substituents is 1. The highest BCUT2D eigenvalue weighted by Crippen LogP contribution is 2.52. The molecule has 0 saturated carbocycles. The summed E-state index contributed by atoms with van der Waals surface area (Å²) in [6.45, 7) is 9.00. The van der Waals surface area contributed by atoms with E-state index in [0.29, 0.717) is 22.2 Å². The van der Waals surface area contributed by atoms with Gasteiger partial charge in [0.1, 0.15) is 0 Å². The maximum atomic E-state index is 14.7. The second kappa shape index (κ2) is 18.8. The standard InChI is InChI=1S/C47H54B2INO9Si/c1-6-14-30(23-31-24-39(50)44(52)41(25-31)58-5)21-22-40-42-32(29-59-61(47(2,3)4,35-17-9-7-10-18-35)36-19-11-8-12-20-36)26-37-43(38(42)28-48(55)60-40)46(54)51(45(37)53)34-16-13-15-33(27-34)49(56)57/h7-13,15-20,23-25,27,37-38,40,43,52,55-57H,6,14,21-22,26,28-29H2,1-5H3/b30-23+/t37-,38+,40-,43-/m1/s1. The molecule has 10 nitrogen and oxygen atoms in total. The Morgan fingerprint density at radius 1 is 0.951 bits per heavy atom. The van der Waals surface area contributed by atoms with Crippen LogP contribution in [0.25, 0.3) is 6.08 Å². The molecular formula is C47H54B2INO9Si. The first-order valence-electron chi connectivity index (χ1n) is 21.1. The Morgan fingerprint density at radius 2 is 1.62 bits per heavy atom. The quantitative estimate of drug-likeness (QED) is 0.0501. The minimum atomic E-state index is -3.05. The van der Waals surface area contributed by atoms with E-state index in [0.717, 1.165) is 45.5 Å². The summed E-state index contributed by atoms with van der Waals surface area (Å²) < 4.78 is 20.1. The molecule has 2 saturated heterocycles. The summed E-state index contributed by atoms with van der Waals surface area (Å²) >= 11 is 2.10. The lowest BCUT2D eigenvalue weighted by molar-refractivity contribution is -0.122. The predicted octanol–water partition coefficient (Wildman–Crippen LogP) is 6.23. The molecule has 2 heterocycles. The van der Waals surface area contributed by atoms with Crippen molar-refractivity contribution >= 4 is 84.6 Å². The fraction of sp³-hybridized carbons (Fsp3) is 0.362. The molecule has 0 bridgehead atoms. The van der Waals surface area contributed by atoms with Crippen LogP contribution in [-0.4, -0.2) is 74.4 Å². The maximum absolute atomic E-state index is 14.7. The van der Waals surface area contributed by atoms with E-state index in [9.17, 15) is 29.8 Å². The SMILES string of the molecule is CCC/C(=C\c1cc(I)c(O)c(OC)c1)CC[C@H]1OB(O)C[C@H]2C1=C(CO[Si](c1ccccc1)(c1ccccc1)C(C)(C)C)C[C@H]1C(=O)N(c3cccc(B(O)O)c3)C(=O)[C@H]12. The molecule has 2 amide bonds. The zero-order valence-electron chi connectivity index (χ0n) is 35.4. The van der Waals surface area contributed by atoms with Gasteiger partial charge in [-0.15, -0.1) is 0 Å². The molecule has 3 aliphatic rings. The molecule has 318 valence electrons. The van der Waals surface area contributed by atoms with E-state index in [4.69, 9.17) is 13.8 Å². The first-order chi connectivity index (χ1) is 29.2. The van der Waals surface area contributed by atoms with Crippen LogP contribution in [0.2, 0.25) is 11.4 Å². The third-order valence-electron chi connectivity index (χ3n) is 12.6. The van der Waals surface area contributed by atoms with Crippen molar-refractivity contribution in [2.24, 2.45) is 17.8 Å². The molecule has 4 atom stereocenters. The molecule has 0 radical (unpaired) electrons. The number of nitrogens with zero attached hydrogens (tertiary/aromatic N) is 1. The normalized spacial score (nSPS) is 20.8. The molecule has 2 fully saturated rings. The van der Waals surface area contributed by atoms with E-state index in [1.54, 1.807) is 12.1 Å². The van der Waals surface area contributed by atoms with Crippen molar-refractivity contribution in [2.45, 2.75) is 77.3 Å². The van der Waals surface area contributed by atoms with Crippen molar-refractivity contribution in [1.82, 2.24) is 0 Å². The average Bonchev–Trinajstić information content (AvgIpc) is 3.49. The van der Waals surface area contributed by atoms with E-state index in [1.165, 1.54) is 24.1 Å². The number of hydrogen-bond donors (Lipinski definition) is 4. The minimum Gasteiger partial charge on any atom is -0.504 e. The van der Waals surface area contributed by atoms with Crippen molar-refractivity contribution in [1.29, 1.82) is 0 Å². The predicted molar refractivity (Wildman–Crippen MR) is 252 cm³/mol. The van der Waals surface area contributed by atoms with Crippen molar-refractivity contribution in [3.8, 4) is 11.5 Å². The highest BCUT2D eigenvalue weighted by molar-refractivity contribution is 14.1. The topological polar surface area (TPSA) is 146 Å². The van der Waals surface area contributed by atoms with Crippen LogP contribution in [0.3, 0.4) is 0 Å². The molecule has 4 aromatic rings. The molecule has 1 aliphatic carbocycles. The number of halogens is 1. The summed E-state index contributed by atoms with van der Waals surface area (Å²) in [6, 6.07) is 30.7. The molecule has 0 aromatic heterocycles. The van der Waals surface area contributed by atoms with Crippen LogP contribution in [0.5, 0.6) is 11.5 Å². The van der Waals surface area contributed by atoms with Crippen LogP contribution < -0.4 is 25.5 Å². The third kappa shape index (κ3) is 8.95. The van der Waals surface area contributed by atoms with Crippen LogP contribution in [0, 0.1) is 21.3 Å². The number of anilines is 1. The second-order valence-corrected chi connectivity index (χ2v) is 22.9. The highest BCUT2D eigenvalue weighted by atomic mass is 127. The molecule has 7 rings (SSSR count). The van der Waals surface area contributed by atoms with Crippen molar-refractivity contribution < 1.29 is 43.6 Å². The molecule has 14 heteroatoms. The molecule has 0 spiro atoms. The Kier molecular flexibility index (Phi) is 13.8. The number of imide groups is 1. The first-order valence-corrected chi connectivity index (χ1v) is 24.1. The van der Waals surface area contributed by atoms with Gasteiger partial charge in [0.15, 0.2) is 11.5 Å². The number of amides is 2. The van der Waals surface area contributed by atoms with Crippen molar-refractivity contribution in [3.05, 3.63) is 123 Å². The van der Waals surface area contributed by atoms with E-state index < -0.39 is 46.4 Å². The lowest BCUT2D eigenvalue weighted by Crippen LogP contribution is -2.66. The van der Waals surface area contributed by atoms with E-state index in [-0.39, 0.29) is 53.1 Å². The second-order valence-electron chi connectivity index (χ2n) is 17.4. The molecule has 4 aromatic carbocycles. The lowest BCUT2D eigenvalue weighted by atomic mass is 9.58. The van der Waals surface area contributed by atoms with Crippen LogP contribution in [-0.2, 0) is 18.7 Å². The van der Waals surface area contributed by atoms with Gasteiger partial charge in [-0.25, -0.2) is 0 Å². The zero-order chi connectivity index (χ0) is 43.6. The average molecular weight is 954 g/mol. The Bertz CT molecular complexity index is 2260. The summed E-state index contributed by atoms with van der Waals surface area (Å²) in [7, 11) is -4.46. The number of hydrogen-bond acceptors (Lipinski definition) is 9. The first kappa shape index (κ1) is 45.0. The molecule has 2 aliphatic heterocycles. The van der Waals surface area contributed by atoms with Crippen molar-refractivity contribution in [3.63, 3.8) is 0 Å². The van der Waals surface area contributed by atoms with Gasteiger partial charge in [0.05, 0.1) is 40.9 Å². The number of carbonyl (C=O) groups is 2. The van der Waals surface area contributed by atoms with Gasteiger partial charge < -0.3 is 34.0 Å². The number of aromatic hydroxyl groups is 1. The summed E-state index contributed by atoms with van der Waals surface area (Å²) in [5, 5.41) is 43.8. The van der Waals surface area contributed by atoms with Crippen molar-refractivity contribution in [2.75, 3.05) is 18.6 Å². The van der Waals surface area contributed by atoms with Crippen LogP contribution in [0.4, 0.5) is 5.69 Å². The van der Waals surface area contributed by atoms with Gasteiger partial charge in [-0.05, 0) is 122 Å². The Balaban J connectivity index is 1.32. The third-order valence-corrected chi connectivity index (χ3v) is 18.4. The number of phenols is 1. The van der Waals surface area contributed by atoms with Gasteiger partial charge in [-0.3, -0.25) is 14.5 Å². The monoisotopic (exact) mass is 953 g/mol. The minimum absolute atomic E-state index is 0.0977. The largest absolute Gasteiger partial charge is 0.504 e. The number of carbonyl (C=O) groups excluding carboxylic acids is 2. The Labute approximate surface area is 374 Å². The van der Waals surface area contributed by atoms with Gasteiger partial charge in [0.25, 0.3) is 8.32 Å². The van der Waals surface area contributed by atoms with E-state index in [1.807, 2.05) is 48.5 Å². The fourth-order valence-electron chi connectivity index (χ4n) is 9.91. The number of ether oxygens (including phenoxy) is 1. The highest BCUT2D eigenvalue weighted by Gasteiger charge is 2.58. The Hall–Kier alpha value is -4.02. The molecule has 61 heavy (non-hydrogen) atoms. The van der Waals surface area contributed by atoms with Gasteiger partial charge in [0, 0.05) is 0 Å².